The van der Waals surface area contributed by atoms with E-state index in [0.29, 0.717) is 0 Å². The van der Waals surface area contributed by atoms with Gasteiger partial charge in [0.15, 0.2) is 24.1 Å². The van der Waals surface area contributed by atoms with Crippen LogP contribution >= 0.6 is 0 Å². The molecule has 154 valence electrons. The fourth-order valence-electron chi connectivity index (χ4n) is 1.92. The van der Waals surface area contributed by atoms with Crippen LogP contribution in [0.3, 0.4) is 0 Å². The Balaban J connectivity index is 5.41. The molecule has 0 amide bonds. The number of aliphatic hydroxyl groups excluding tert-OH is 3. The molecule has 13 heteroatoms. The van der Waals surface area contributed by atoms with Crippen LogP contribution in [0.5, 0.6) is 0 Å². The predicted molar refractivity (Wildman–Crippen MR) is 80.1 cm³/mol. The molecule has 0 aromatic carbocycles. The van der Waals surface area contributed by atoms with Crippen LogP contribution in [0.2, 0.25) is 0 Å². The highest BCUT2D eigenvalue weighted by Crippen LogP contribution is 2.19. The summed E-state index contributed by atoms with van der Waals surface area (Å²) in [4.78, 5) is 55.7. The molecule has 0 saturated carbocycles. The van der Waals surface area contributed by atoms with Gasteiger partial charge in [0.1, 0.15) is 12.2 Å². The van der Waals surface area contributed by atoms with Crippen molar-refractivity contribution in [2.75, 3.05) is 6.61 Å². The molecule has 0 aliphatic carbocycles. The molecule has 0 aliphatic rings. The zero-order valence-electron chi connectivity index (χ0n) is 14.0. The van der Waals surface area contributed by atoms with Gasteiger partial charge in [0.25, 0.3) is 0 Å². The summed E-state index contributed by atoms with van der Waals surface area (Å²) < 4.78 is 9.14. The molecule has 0 heterocycles. The number of carbonyl (C=O) groups excluding carboxylic acids is 3. The average Bonchev–Trinajstić information content (AvgIpc) is 2.55. The van der Waals surface area contributed by atoms with Gasteiger partial charge in [-0.05, 0) is 0 Å². The minimum absolute atomic E-state index is 0.115. The molecule has 0 aromatic heterocycles. The van der Waals surface area contributed by atoms with Crippen molar-refractivity contribution in [1.29, 1.82) is 0 Å². The summed E-state index contributed by atoms with van der Waals surface area (Å²) in [5, 5.41) is 55.3. The number of carbonyl (C=O) groups is 5. The largest absolute Gasteiger partial charge is 0.481 e. The van der Waals surface area contributed by atoms with Gasteiger partial charge in [0.05, 0.1) is 19.4 Å². The minimum Gasteiger partial charge on any atom is -0.481 e. The number of rotatable bonds is 12. The Hall–Kier alpha value is -2.61. The van der Waals surface area contributed by atoms with Crippen LogP contribution in [-0.2, 0) is 33.4 Å². The van der Waals surface area contributed by atoms with E-state index in [1.165, 1.54) is 0 Å². The topological polar surface area (TPSA) is 225 Å². The Kier molecular flexibility index (Phi) is 9.50. The van der Waals surface area contributed by atoms with E-state index in [1.54, 1.807) is 0 Å². The van der Waals surface area contributed by atoms with Gasteiger partial charge >= 0.3 is 23.9 Å². The quantitative estimate of drug-likeness (QED) is 0.139. The van der Waals surface area contributed by atoms with E-state index < -0.39 is 73.3 Å². The molecule has 0 rings (SSSR count). The second kappa shape index (κ2) is 10.5. The van der Waals surface area contributed by atoms with E-state index in [2.05, 4.69) is 9.47 Å². The standard InChI is InChI=1S/C14H20O13/c1-6(17)26-12(11(22)7(18)4-15)8(5-16)27-10(21)3-14(25,13(23)24)2-9(19)20/h5,7-8,11-12,15,18,22,25H,2-4H2,1H3,(H,19,20)(H,23,24)/t7-,8+,11-,12-,14?/m1/s1. The maximum Gasteiger partial charge on any atom is 0.336 e. The third-order valence-electron chi connectivity index (χ3n) is 3.22. The lowest BCUT2D eigenvalue weighted by Crippen LogP contribution is -2.51. The van der Waals surface area contributed by atoms with Crippen LogP contribution in [0.4, 0.5) is 0 Å². The van der Waals surface area contributed by atoms with Crippen molar-refractivity contribution in [1.82, 2.24) is 0 Å². The first kappa shape index (κ1) is 24.4. The average molecular weight is 396 g/mol. The maximum absolute atomic E-state index is 11.8. The third-order valence-corrected chi connectivity index (χ3v) is 3.22. The second-order valence-corrected chi connectivity index (χ2v) is 5.49. The van der Waals surface area contributed by atoms with E-state index in [0.717, 1.165) is 6.92 Å². The number of ether oxygens (including phenoxy) is 2. The first-order valence-corrected chi connectivity index (χ1v) is 7.34. The van der Waals surface area contributed by atoms with Crippen LogP contribution in [-0.4, -0.2) is 97.4 Å². The number of aldehydes is 1. The number of esters is 2. The second-order valence-electron chi connectivity index (χ2n) is 5.49. The lowest BCUT2D eigenvalue weighted by atomic mass is 9.95. The van der Waals surface area contributed by atoms with Gasteiger partial charge in [0.2, 0.25) is 0 Å². The number of hydrogen-bond acceptors (Lipinski definition) is 11. The Labute approximate surface area is 151 Å². The molecule has 0 aromatic rings. The van der Waals surface area contributed by atoms with E-state index in [1.807, 2.05) is 0 Å². The van der Waals surface area contributed by atoms with Crippen molar-refractivity contribution in [2.24, 2.45) is 0 Å². The highest BCUT2D eigenvalue weighted by molar-refractivity contribution is 5.89. The van der Waals surface area contributed by atoms with Gasteiger partial charge in [-0.25, -0.2) is 4.79 Å². The Morgan fingerprint density at radius 1 is 1.07 bits per heavy atom. The molecule has 0 bridgehead atoms. The van der Waals surface area contributed by atoms with Crippen molar-refractivity contribution < 1.29 is 64.1 Å². The monoisotopic (exact) mass is 396 g/mol. The number of aliphatic carboxylic acids is 2. The summed E-state index contributed by atoms with van der Waals surface area (Å²) in [5.41, 5.74) is -3.05. The molecule has 5 atom stereocenters. The number of carboxylic acids is 2. The molecule has 27 heavy (non-hydrogen) atoms. The smallest absolute Gasteiger partial charge is 0.336 e. The molecule has 0 fully saturated rings. The molecular formula is C14H20O13. The fourth-order valence-corrected chi connectivity index (χ4v) is 1.92. The minimum atomic E-state index is -3.05. The summed E-state index contributed by atoms with van der Waals surface area (Å²) in [6.07, 6.45) is -10.8. The normalized spacial score (nSPS) is 17.5. The molecule has 1 unspecified atom stereocenters. The molecule has 0 saturated heterocycles. The van der Waals surface area contributed by atoms with E-state index >= 15 is 0 Å². The fraction of sp³-hybridized carbons (Fsp3) is 0.643. The van der Waals surface area contributed by atoms with Crippen molar-refractivity contribution in [3.8, 4) is 0 Å². The Morgan fingerprint density at radius 2 is 1.63 bits per heavy atom. The van der Waals surface area contributed by atoms with Crippen molar-refractivity contribution >= 4 is 30.2 Å². The van der Waals surface area contributed by atoms with Crippen LogP contribution in [0.1, 0.15) is 19.8 Å². The van der Waals surface area contributed by atoms with Crippen LogP contribution in [0, 0.1) is 0 Å². The molecule has 0 radical (unpaired) electrons. The summed E-state index contributed by atoms with van der Waals surface area (Å²) in [5.74, 6) is -6.41. The lowest BCUT2D eigenvalue weighted by molar-refractivity contribution is -0.188. The van der Waals surface area contributed by atoms with E-state index in [9.17, 15) is 39.3 Å². The zero-order chi connectivity index (χ0) is 21.4. The highest BCUT2D eigenvalue weighted by atomic mass is 16.6. The maximum atomic E-state index is 11.8. The van der Waals surface area contributed by atoms with Crippen LogP contribution in [0.25, 0.3) is 0 Å². The van der Waals surface area contributed by atoms with E-state index in [-0.39, 0.29) is 6.29 Å². The van der Waals surface area contributed by atoms with Crippen LogP contribution in [0.15, 0.2) is 0 Å². The van der Waals surface area contributed by atoms with Crippen LogP contribution < -0.4 is 0 Å². The zero-order valence-corrected chi connectivity index (χ0v) is 14.0. The third kappa shape index (κ3) is 7.65. The van der Waals surface area contributed by atoms with Gasteiger partial charge in [-0.2, -0.15) is 0 Å². The molecule has 6 N–H and O–H groups in total. The van der Waals surface area contributed by atoms with Gasteiger partial charge in [-0.15, -0.1) is 0 Å². The first-order chi connectivity index (χ1) is 12.4. The summed E-state index contributed by atoms with van der Waals surface area (Å²) in [6, 6.07) is 0. The van der Waals surface area contributed by atoms with Gasteiger partial charge in [-0.1, -0.05) is 0 Å². The molecule has 0 aliphatic heterocycles. The first-order valence-electron chi connectivity index (χ1n) is 7.34. The lowest BCUT2D eigenvalue weighted by Gasteiger charge is -2.29. The number of hydrogen-bond donors (Lipinski definition) is 6. The highest BCUT2D eigenvalue weighted by Gasteiger charge is 2.43. The van der Waals surface area contributed by atoms with Gasteiger partial charge in [0, 0.05) is 6.92 Å². The summed E-state index contributed by atoms with van der Waals surface area (Å²) in [7, 11) is 0. The Bertz CT molecular complexity index is 573. The summed E-state index contributed by atoms with van der Waals surface area (Å²) >= 11 is 0. The summed E-state index contributed by atoms with van der Waals surface area (Å²) in [6.45, 7) is -0.138. The SMILES string of the molecule is CC(=O)O[C@@H]([C@H](O)[C@H](O)CO)[C@H](C=O)OC(=O)CC(O)(CC(=O)O)C(=O)O. The van der Waals surface area contributed by atoms with E-state index in [4.69, 9.17) is 15.3 Å². The predicted octanol–water partition coefficient (Wildman–Crippen LogP) is -3.58. The van der Waals surface area contributed by atoms with Crippen molar-refractivity contribution in [3.63, 3.8) is 0 Å². The molecule has 13 nitrogen and oxygen atoms in total. The van der Waals surface area contributed by atoms with Gasteiger partial charge in [-0.3, -0.25) is 19.2 Å². The molecule has 0 spiro atoms. The Morgan fingerprint density at radius 3 is 2.00 bits per heavy atom. The number of aliphatic hydroxyl groups is 4. The number of carboxylic acid groups (broad SMARTS) is 2. The van der Waals surface area contributed by atoms with Crippen molar-refractivity contribution in [3.05, 3.63) is 0 Å². The molecular weight excluding hydrogens is 376 g/mol. The van der Waals surface area contributed by atoms with Gasteiger partial charge < -0.3 is 40.1 Å². The van der Waals surface area contributed by atoms with Crippen molar-refractivity contribution in [2.45, 2.75) is 49.8 Å².